The Morgan fingerprint density at radius 1 is 0.880 bits per heavy atom. The van der Waals surface area contributed by atoms with Crippen molar-refractivity contribution in [2.24, 2.45) is 0 Å². The van der Waals surface area contributed by atoms with Gasteiger partial charge < -0.3 is 9.84 Å². The van der Waals surface area contributed by atoms with Crippen LogP contribution in [0.15, 0.2) is 30.3 Å². The molecule has 2 heteroatoms. The van der Waals surface area contributed by atoms with E-state index in [0.717, 1.165) is 22.4 Å². The molecule has 25 heavy (non-hydrogen) atoms. The Labute approximate surface area is 152 Å². The molecular weight excluding hydrogens is 308 g/mol. The predicted octanol–water partition coefficient (Wildman–Crippen LogP) is 5.90. The molecule has 0 amide bonds. The van der Waals surface area contributed by atoms with Crippen LogP contribution in [0.4, 0.5) is 0 Å². The van der Waals surface area contributed by atoms with Gasteiger partial charge in [0.05, 0.1) is 7.11 Å². The van der Waals surface area contributed by atoms with E-state index in [1.54, 1.807) is 7.11 Å². The van der Waals surface area contributed by atoms with E-state index in [2.05, 4.69) is 78.8 Å². The molecule has 0 fully saturated rings. The average Bonchev–Trinajstić information content (AvgIpc) is 2.48. The number of benzene rings is 2. The second-order valence-electron chi connectivity index (χ2n) is 9.07. The van der Waals surface area contributed by atoms with Crippen molar-refractivity contribution in [3.8, 4) is 11.5 Å². The molecule has 0 aromatic heterocycles. The summed E-state index contributed by atoms with van der Waals surface area (Å²) in [7, 11) is 1.70. The van der Waals surface area contributed by atoms with Gasteiger partial charge in [0.1, 0.15) is 11.5 Å². The van der Waals surface area contributed by atoms with Crippen LogP contribution >= 0.6 is 0 Å². The number of aromatic hydroxyl groups is 1. The molecule has 0 bridgehead atoms. The SMILES string of the molecule is COc1cc(Cc2cc(C)cc(C(C)(C)C)c2O)cc(C(C)(C)C)c1. The summed E-state index contributed by atoms with van der Waals surface area (Å²) in [5.41, 5.74) is 5.51. The van der Waals surface area contributed by atoms with Gasteiger partial charge in [-0.1, -0.05) is 65.3 Å². The predicted molar refractivity (Wildman–Crippen MR) is 106 cm³/mol. The quantitative estimate of drug-likeness (QED) is 0.754. The smallest absolute Gasteiger partial charge is 0.122 e. The number of rotatable bonds is 3. The lowest BCUT2D eigenvalue weighted by molar-refractivity contribution is 0.412. The molecule has 136 valence electrons. The summed E-state index contributed by atoms with van der Waals surface area (Å²) < 4.78 is 5.50. The van der Waals surface area contributed by atoms with Gasteiger partial charge in [0, 0.05) is 6.42 Å². The summed E-state index contributed by atoms with van der Waals surface area (Å²) in [5, 5.41) is 10.8. The van der Waals surface area contributed by atoms with Crippen molar-refractivity contribution in [3.63, 3.8) is 0 Å². The second kappa shape index (κ2) is 6.74. The molecule has 0 saturated carbocycles. The van der Waals surface area contributed by atoms with E-state index < -0.39 is 0 Å². The maximum atomic E-state index is 10.8. The molecule has 0 heterocycles. The molecule has 0 aliphatic carbocycles. The van der Waals surface area contributed by atoms with E-state index in [1.807, 2.05) is 0 Å². The Morgan fingerprint density at radius 2 is 1.52 bits per heavy atom. The van der Waals surface area contributed by atoms with Crippen LogP contribution in [0, 0.1) is 6.92 Å². The minimum atomic E-state index is -0.0875. The molecule has 0 atom stereocenters. The number of methoxy groups -OCH3 is 1. The normalized spacial score (nSPS) is 12.3. The first-order valence-electron chi connectivity index (χ1n) is 8.93. The van der Waals surface area contributed by atoms with Crippen molar-refractivity contribution in [2.75, 3.05) is 7.11 Å². The van der Waals surface area contributed by atoms with Crippen molar-refractivity contribution in [1.82, 2.24) is 0 Å². The third-order valence-electron chi connectivity index (χ3n) is 4.60. The van der Waals surface area contributed by atoms with E-state index in [1.165, 1.54) is 11.1 Å². The summed E-state index contributed by atoms with van der Waals surface area (Å²) in [4.78, 5) is 0. The number of aryl methyl sites for hydroxylation is 1. The highest BCUT2D eigenvalue weighted by Gasteiger charge is 2.21. The fraction of sp³-hybridized carbons (Fsp3) is 0.478. The zero-order chi connectivity index (χ0) is 19.0. The van der Waals surface area contributed by atoms with E-state index in [4.69, 9.17) is 4.74 Å². The molecule has 1 N–H and O–H groups in total. The molecule has 0 aliphatic heterocycles. The highest BCUT2D eigenvalue weighted by atomic mass is 16.5. The Kier molecular flexibility index (Phi) is 5.22. The molecule has 0 saturated heterocycles. The van der Waals surface area contributed by atoms with Crippen molar-refractivity contribution in [1.29, 1.82) is 0 Å². The van der Waals surface area contributed by atoms with Gasteiger partial charge >= 0.3 is 0 Å². The number of phenols is 1. The third-order valence-corrected chi connectivity index (χ3v) is 4.60. The first-order chi connectivity index (χ1) is 11.4. The fourth-order valence-electron chi connectivity index (χ4n) is 3.09. The molecule has 0 spiro atoms. The van der Waals surface area contributed by atoms with Gasteiger partial charge in [0.25, 0.3) is 0 Å². The van der Waals surface area contributed by atoms with Crippen LogP contribution in [-0.4, -0.2) is 12.2 Å². The zero-order valence-electron chi connectivity index (χ0n) is 16.9. The summed E-state index contributed by atoms with van der Waals surface area (Å²) >= 11 is 0. The Hall–Kier alpha value is -1.96. The minimum absolute atomic E-state index is 0.0501. The standard InChI is InChI=1S/C23H32O2/c1-15-9-17(21(24)20(10-15)23(5,6)7)11-16-12-18(22(2,3)4)14-19(13-16)25-8/h9-10,12-14,24H,11H2,1-8H3. The van der Waals surface area contributed by atoms with Crippen LogP contribution in [0.2, 0.25) is 0 Å². The van der Waals surface area contributed by atoms with Crippen molar-refractivity contribution in [3.05, 3.63) is 58.1 Å². The van der Waals surface area contributed by atoms with Crippen molar-refractivity contribution in [2.45, 2.75) is 65.7 Å². The number of ether oxygens (including phenoxy) is 1. The average molecular weight is 341 g/mol. The second-order valence-corrected chi connectivity index (χ2v) is 9.07. The Balaban J connectivity index is 2.52. The molecule has 0 unspecified atom stereocenters. The molecule has 2 aromatic carbocycles. The molecule has 0 radical (unpaired) electrons. The summed E-state index contributed by atoms with van der Waals surface area (Å²) in [5.74, 6) is 1.28. The maximum absolute atomic E-state index is 10.8. The number of phenolic OH excluding ortho intramolecular Hbond substituents is 1. The van der Waals surface area contributed by atoms with Crippen molar-refractivity contribution >= 4 is 0 Å². The van der Waals surface area contributed by atoms with Crippen LogP contribution in [0.1, 0.15) is 69.4 Å². The molecule has 0 aliphatic rings. The van der Waals surface area contributed by atoms with Crippen LogP contribution in [-0.2, 0) is 17.3 Å². The largest absolute Gasteiger partial charge is 0.507 e. The van der Waals surface area contributed by atoms with Gasteiger partial charge in [0.2, 0.25) is 0 Å². The van der Waals surface area contributed by atoms with E-state index >= 15 is 0 Å². The lowest BCUT2D eigenvalue weighted by Crippen LogP contribution is -2.13. The topological polar surface area (TPSA) is 29.5 Å². The lowest BCUT2D eigenvalue weighted by atomic mass is 9.82. The van der Waals surface area contributed by atoms with Crippen LogP contribution < -0.4 is 4.74 Å². The fourth-order valence-corrected chi connectivity index (χ4v) is 3.09. The first kappa shape index (κ1) is 19.4. The van der Waals surface area contributed by atoms with Gasteiger partial charge in [-0.2, -0.15) is 0 Å². The van der Waals surface area contributed by atoms with Gasteiger partial charge in [0.15, 0.2) is 0 Å². The summed E-state index contributed by atoms with van der Waals surface area (Å²) in [6.07, 6.45) is 0.691. The number of hydrogen-bond acceptors (Lipinski definition) is 2. The highest BCUT2D eigenvalue weighted by Crippen LogP contribution is 2.36. The Morgan fingerprint density at radius 3 is 2.04 bits per heavy atom. The summed E-state index contributed by atoms with van der Waals surface area (Å²) in [6.45, 7) is 15.1. The van der Waals surface area contributed by atoms with E-state index in [0.29, 0.717) is 12.2 Å². The van der Waals surface area contributed by atoms with Gasteiger partial charge in [-0.05, 0) is 52.1 Å². The van der Waals surface area contributed by atoms with Gasteiger partial charge in [-0.15, -0.1) is 0 Å². The molecule has 2 aromatic rings. The molecule has 2 rings (SSSR count). The monoisotopic (exact) mass is 340 g/mol. The third kappa shape index (κ3) is 4.56. The van der Waals surface area contributed by atoms with Gasteiger partial charge in [-0.25, -0.2) is 0 Å². The van der Waals surface area contributed by atoms with E-state index in [9.17, 15) is 5.11 Å². The zero-order valence-corrected chi connectivity index (χ0v) is 16.9. The Bertz CT molecular complexity index is 759. The number of hydrogen-bond donors (Lipinski definition) is 1. The summed E-state index contributed by atoms with van der Waals surface area (Å²) in [6, 6.07) is 10.6. The van der Waals surface area contributed by atoms with Crippen LogP contribution in [0.25, 0.3) is 0 Å². The van der Waals surface area contributed by atoms with Crippen LogP contribution in [0.3, 0.4) is 0 Å². The lowest BCUT2D eigenvalue weighted by Gasteiger charge is -2.24. The minimum Gasteiger partial charge on any atom is -0.507 e. The van der Waals surface area contributed by atoms with Crippen molar-refractivity contribution < 1.29 is 9.84 Å². The maximum Gasteiger partial charge on any atom is 0.122 e. The molecular formula is C23H32O2. The van der Waals surface area contributed by atoms with E-state index in [-0.39, 0.29) is 10.8 Å². The molecule has 2 nitrogen and oxygen atoms in total. The van der Waals surface area contributed by atoms with Crippen LogP contribution in [0.5, 0.6) is 11.5 Å². The van der Waals surface area contributed by atoms with Gasteiger partial charge in [-0.3, -0.25) is 0 Å². The first-order valence-corrected chi connectivity index (χ1v) is 8.93. The highest BCUT2D eigenvalue weighted by molar-refractivity contribution is 5.49.